The van der Waals surface area contributed by atoms with Crippen molar-refractivity contribution in [3.05, 3.63) is 112 Å². The Morgan fingerprint density at radius 3 is 2.56 bits per heavy atom. The van der Waals surface area contributed by atoms with Gasteiger partial charge in [-0.3, -0.25) is 9.88 Å². The fourth-order valence-corrected chi connectivity index (χ4v) is 7.21. The zero-order chi connectivity index (χ0) is 34.2. The maximum absolute atomic E-state index is 12.8. The van der Waals surface area contributed by atoms with Crippen molar-refractivity contribution in [2.75, 3.05) is 26.8 Å². The van der Waals surface area contributed by atoms with E-state index >= 15 is 0 Å². The van der Waals surface area contributed by atoms with Gasteiger partial charge in [0, 0.05) is 25.3 Å². The van der Waals surface area contributed by atoms with Crippen LogP contribution in [0.2, 0.25) is 5.02 Å². The third-order valence-electron chi connectivity index (χ3n) is 9.93. The minimum atomic E-state index is -1.02. The Labute approximate surface area is 295 Å². The molecule has 0 amide bonds. The summed E-state index contributed by atoms with van der Waals surface area (Å²) in [6.07, 6.45) is 4.61. The summed E-state index contributed by atoms with van der Waals surface area (Å²) in [5.41, 5.74) is 4.85. The Bertz CT molecular complexity index is 2010. The van der Waals surface area contributed by atoms with Crippen molar-refractivity contribution in [2.24, 2.45) is 0 Å². The number of carbonyl (C=O) groups is 1. The highest BCUT2D eigenvalue weighted by atomic mass is 35.5. The molecule has 3 aliphatic rings. The van der Waals surface area contributed by atoms with Crippen LogP contribution in [-0.2, 0) is 35.0 Å². The van der Waals surface area contributed by atoms with E-state index in [9.17, 15) is 4.79 Å². The number of methoxy groups -OCH3 is 1. The molecule has 0 radical (unpaired) electrons. The molecule has 258 valence electrons. The lowest BCUT2D eigenvalue weighted by atomic mass is 9.88. The molecular weight excluding hydrogens is 656 g/mol. The molecule has 0 N–H and O–H groups in total. The minimum absolute atomic E-state index is 0.100. The molecule has 2 fully saturated rings. The van der Waals surface area contributed by atoms with Gasteiger partial charge in [0.1, 0.15) is 29.4 Å². The van der Waals surface area contributed by atoms with Gasteiger partial charge in [-0.25, -0.2) is 9.78 Å². The lowest BCUT2D eigenvalue weighted by Gasteiger charge is -2.33. The number of aromatic nitrogens is 3. The number of para-hydroxylation sites is 1. The number of fused-ring (bicyclic) bond motifs is 2. The topological polar surface area (TPSA) is 97.2 Å². The summed E-state index contributed by atoms with van der Waals surface area (Å²) in [5, 5.41) is 0.565. The molecule has 0 saturated carbocycles. The molecule has 0 spiro atoms. The van der Waals surface area contributed by atoms with Crippen molar-refractivity contribution >= 4 is 28.6 Å². The molecule has 0 aliphatic carbocycles. The SMILES string of the molecule is COC(=O)c1cc(OCc2ccccc2)c2nc(CN3CCC(c4cccc5c4OC(C)(c4ccc(Cl)cn4)O5)CC3)n(C[C@@H]3CCO3)c2c1. The Balaban J connectivity index is 1.03. The fourth-order valence-electron chi connectivity index (χ4n) is 7.10. The maximum Gasteiger partial charge on any atom is 0.338 e. The molecule has 5 heterocycles. The predicted molar refractivity (Wildman–Crippen MR) is 188 cm³/mol. The monoisotopic (exact) mass is 694 g/mol. The standard InChI is InChI=1S/C39H39ClN4O6/c1-39(34-12-11-28(40)21-41-34)49-32-10-6-9-30(37(32)50-39)26-13-16-43(17-14-26)23-35-42-36-31(44(35)22-29-15-18-47-29)19-27(38(45)46-2)20-33(36)48-24-25-7-4-3-5-8-25/h3-12,19-21,26,29H,13-18,22-24H2,1-2H3/t29-,39?/m0/s1. The average Bonchev–Trinajstić information content (AvgIpc) is 3.66. The second-order valence-electron chi connectivity index (χ2n) is 13.3. The number of piperidine rings is 1. The number of carbonyl (C=O) groups excluding carboxylic acids is 1. The van der Waals surface area contributed by atoms with E-state index in [-0.39, 0.29) is 6.10 Å². The Hall–Kier alpha value is -4.64. The van der Waals surface area contributed by atoms with Crippen molar-refractivity contribution in [2.45, 2.75) is 63.7 Å². The smallest absolute Gasteiger partial charge is 0.338 e. The lowest BCUT2D eigenvalue weighted by molar-refractivity contribution is -0.0722. The predicted octanol–water partition coefficient (Wildman–Crippen LogP) is 7.26. The van der Waals surface area contributed by atoms with Crippen LogP contribution in [0.5, 0.6) is 17.2 Å². The number of rotatable bonds is 10. The molecule has 10 nitrogen and oxygen atoms in total. The van der Waals surface area contributed by atoms with Crippen molar-refractivity contribution in [1.29, 1.82) is 0 Å². The van der Waals surface area contributed by atoms with E-state index in [2.05, 4.69) is 20.5 Å². The number of ether oxygens (including phenoxy) is 5. The number of pyridine rings is 1. The van der Waals surface area contributed by atoms with Crippen LogP contribution in [-0.4, -0.2) is 58.3 Å². The molecule has 5 aromatic rings. The van der Waals surface area contributed by atoms with Gasteiger partial charge in [-0.05, 0) is 74.2 Å². The number of hydrogen-bond donors (Lipinski definition) is 0. The van der Waals surface area contributed by atoms with Crippen LogP contribution in [0.4, 0.5) is 0 Å². The molecular formula is C39H39ClN4O6. The second-order valence-corrected chi connectivity index (χ2v) is 13.7. The first kappa shape index (κ1) is 32.6. The molecule has 1 unspecified atom stereocenters. The zero-order valence-corrected chi connectivity index (χ0v) is 28.9. The molecule has 8 rings (SSSR count). The van der Waals surface area contributed by atoms with Gasteiger partial charge in [-0.1, -0.05) is 54.1 Å². The summed E-state index contributed by atoms with van der Waals surface area (Å²) in [4.78, 5) is 24.9. The van der Waals surface area contributed by atoms with Crippen LogP contribution in [0.3, 0.4) is 0 Å². The van der Waals surface area contributed by atoms with Crippen molar-refractivity contribution in [3.8, 4) is 17.2 Å². The van der Waals surface area contributed by atoms with Crippen LogP contribution in [0, 0.1) is 0 Å². The Morgan fingerprint density at radius 1 is 1.02 bits per heavy atom. The summed E-state index contributed by atoms with van der Waals surface area (Å²) in [5.74, 6) is 1.87. The zero-order valence-electron chi connectivity index (χ0n) is 28.1. The number of likely N-dealkylation sites (tertiary alicyclic amines) is 1. The molecule has 2 atom stereocenters. The van der Waals surface area contributed by atoms with E-state index in [0.717, 1.165) is 78.4 Å². The molecule has 2 saturated heterocycles. The summed E-state index contributed by atoms with van der Waals surface area (Å²) < 4.78 is 32.3. The number of hydrogen-bond acceptors (Lipinski definition) is 9. The first-order valence-corrected chi connectivity index (χ1v) is 17.5. The van der Waals surface area contributed by atoms with Gasteiger partial charge in [0.05, 0.1) is 42.4 Å². The van der Waals surface area contributed by atoms with Crippen LogP contribution in [0.15, 0.2) is 79.0 Å². The molecule has 3 aromatic carbocycles. The Morgan fingerprint density at radius 2 is 1.84 bits per heavy atom. The highest BCUT2D eigenvalue weighted by Gasteiger charge is 2.42. The normalized spacial score (nSPS) is 20.5. The van der Waals surface area contributed by atoms with E-state index < -0.39 is 11.8 Å². The van der Waals surface area contributed by atoms with E-state index in [1.54, 1.807) is 18.3 Å². The van der Waals surface area contributed by atoms with Gasteiger partial charge in [-0.15, -0.1) is 0 Å². The van der Waals surface area contributed by atoms with Gasteiger partial charge >= 0.3 is 5.97 Å². The number of benzene rings is 3. The summed E-state index contributed by atoms with van der Waals surface area (Å²) in [6.45, 7) is 6.09. The van der Waals surface area contributed by atoms with Crippen LogP contribution < -0.4 is 14.2 Å². The largest absolute Gasteiger partial charge is 0.487 e. The van der Waals surface area contributed by atoms with Gasteiger partial charge in [0.15, 0.2) is 11.5 Å². The van der Waals surface area contributed by atoms with Gasteiger partial charge < -0.3 is 28.3 Å². The lowest BCUT2D eigenvalue weighted by Crippen LogP contribution is -2.35. The minimum Gasteiger partial charge on any atom is -0.487 e. The summed E-state index contributed by atoms with van der Waals surface area (Å²) in [6, 6.07) is 23.3. The third-order valence-corrected chi connectivity index (χ3v) is 10.2. The van der Waals surface area contributed by atoms with E-state index in [1.165, 1.54) is 7.11 Å². The molecule has 3 aliphatic heterocycles. The first-order chi connectivity index (χ1) is 24.4. The fraction of sp³-hybridized carbons (Fsp3) is 0.359. The van der Waals surface area contributed by atoms with Crippen molar-refractivity contribution in [3.63, 3.8) is 0 Å². The molecule has 50 heavy (non-hydrogen) atoms. The van der Waals surface area contributed by atoms with Crippen molar-refractivity contribution in [1.82, 2.24) is 19.4 Å². The van der Waals surface area contributed by atoms with Crippen LogP contribution >= 0.6 is 11.6 Å². The van der Waals surface area contributed by atoms with Crippen molar-refractivity contribution < 1.29 is 28.5 Å². The summed E-state index contributed by atoms with van der Waals surface area (Å²) in [7, 11) is 1.39. The van der Waals surface area contributed by atoms with Crippen LogP contribution in [0.1, 0.15) is 65.1 Å². The molecule has 11 heteroatoms. The third kappa shape index (κ3) is 6.39. The van der Waals surface area contributed by atoms with E-state index in [1.807, 2.05) is 61.5 Å². The highest BCUT2D eigenvalue weighted by Crippen LogP contribution is 2.49. The van der Waals surface area contributed by atoms with E-state index in [0.29, 0.717) is 47.6 Å². The number of halogens is 1. The van der Waals surface area contributed by atoms with E-state index in [4.69, 9.17) is 40.3 Å². The average molecular weight is 695 g/mol. The number of imidazole rings is 1. The number of esters is 1. The van der Waals surface area contributed by atoms with Gasteiger partial charge in [0.25, 0.3) is 5.79 Å². The number of nitrogens with zero attached hydrogens (tertiary/aromatic N) is 4. The van der Waals surface area contributed by atoms with Gasteiger partial charge in [0.2, 0.25) is 0 Å². The molecule has 0 bridgehead atoms. The Kier molecular flexibility index (Phi) is 8.84. The second kappa shape index (κ2) is 13.6. The quantitative estimate of drug-likeness (QED) is 0.140. The summed E-state index contributed by atoms with van der Waals surface area (Å²) >= 11 is 6.09. The molecule has 2 aromatic heterocycles. The first-order valence-electron chi connectivity index (χ1n) is 17.1. The van der Waals surface area contributed by atoms with Gasteiger partial charge in [-0.2, -0.15) is 0 Å². The highest BCUT2D eigenvalue weighted by molar-refractivity contribution is 6.30. The van der Waals surface area contributed by atoms with Crippen LogP contribution in [0.25, 0.3) is 11.0 Å². The maximum atomic E-state index is 12.8.